The molecule has 25 heavy (non-hydrogen) atoms. The minimum Gasteiger partial charge on any atom is -0.320 e. The van der Waals surface area contributed by atoms with Crippen LogP contribution in [0.2, 0.25) is 0 Å². The average Bonchev–Trinajstić information content (AvgIpc) is 3.06. The molecule has 0 unspecified atom stereocenters. The molecule has 0 aliphatic heterocycles. The van der Waals surface area contributed by atoms with Crippen molar-refractivity contribution in [1.29, 1.82) is 0 Å². The molecule has 0 radical (unpaired) electrons. The van der Waals surface area contributed by atoms with Crippen LogP contribution < -0.4 is 10.6 Å². The number of nitrogens with zero attached hydrogens (tertiary/aromatic N) is 1. The van der Waals surface area contributed by atoms with Gasteiger partial charge in [-0.25, -0.2) is 4.98 Å². The Morgan fingerprint density at radius 2 is 1.72 bits per heavy atom. The quantitative estimate of drug-likeness (QED) is 0.733. The van der Waals surface area contributed by atoms with E-state index in [-0.39, 0.29) is 23.9 Å². The highest BCUT2D eigenvalue weighted by atomic mass is 32.1. The molecule has 5 nitrogen and oxygen atoms in total. The molecule has 1 aromatic heterocycles. The van der Waals surface area contributed by atoms with Gasteiger partial charge in [-0.2, -0.15) is 0 Å². The molecule has 3 aromatic rings. The molecule has 3 rings (SSSR count). The first-order chi connectivity index (χ1) is 12.1. The van der Waals surface area contributed by atoms with E-state index >= 15 is 0 Å². The van der Waals surface area contributed by atoms with E-state index in [1.54, 1.807) is 5.38 Å². The lowest BCUT2D eigenvalue weighted by Crippen LogP contribution is -2.16. The van der Waals surface area contributed by atoms with Gasteiger partial charge in [0.2, 0.25) is 5.91 Å². The van der Waals surface area contributed by atoms with Crippen molar-refractivity contribution >= 4 is 34.0 Å². The first-order valence-corrected chi connectivity index (χ1v) is 8.66. The van der Waals surface area contributed by atoms with Crippen LogP contribution in [0.5, 0.6) is 0 Å². The van der Waals surface area contributed by atoms with Crippen molar-refractivity contribution in [3.8, 4) is 0 Å². The van der Waals surface area contributed by atoms with Gasteiger partial charge < -0.3 is 10.6 Å². The van der Waals surface area contributed by atoms with Crippen LogP contribution in [-0.2, 0) is 11.2 Å². The summed E-state index contributed by atoms with van der Waals surface area (Å²) in [6.07, 6.45) is 0.269. The Hall–Kier alpha value is -2.99. The minimum absolute atomic E-state index is 0.161. The predicted octanol–water partition coefficient (Wildman–Crippen LogP) is 3.89. The van der Waals surface area contributed by atoms with Crippen molar-refractivity contribution in [2.45, 2.75) is 13.3 Å². The van der Waals surface area contributed by atoms with Gasteiger partial charge in [-0.05, 0) is 24.1 Å². The lowest BCUT2D eigenvalue weighted by Gasteiger charge is -2.06. The fourth-order valence-corrected chi connectivity index (χ4v) is 2.99. The third kappa shape index (κ3) is 4.51. The van der Waals surface area contributed by atoms with E-state index in [2.05, 4.69) is 15.6 Å². The van der Waals surface area contributed by atoms with E-state index in [1.165, 1.54) is 11.3 Å². The lowest BCUT2D eigenvalue weighted by atomic mass is 10.1. The number of para-hydroxylation sites is 1. The summed E-state index contributed by atoms with van der Waals surface area (Å²) in [4.78, 5) is 28.5. The summed E-state index contributed by atoms with van der Waals surface area (Å²) in [5.74, 6) is -0.458. The van der Waals surface area contributed by atoms with Gasteiger partial charge in [-0.15, -0.1) is 11.3 Å². The molecular formula is C19H17N3O2S. The van der Waals surface area contributed by atoms with Gasteiger partial charge in [0.1, 0.15) is 5.69 Å². The highest BCUT2D eigenvalue weighted by Gasteiger charge is 2.13. The number of carbonyl (C=O) groups excluding carboxylic acids is 2. The molecule has 2 aromatic carbocycles. The molecule has 0 saturated heterocycles. The first-order valence-electron chi connectivity index (χ1n) is 7.78. The van der Waals surface area contributed by atoms with Crippen LogP contribution in [-0.4, -0.2) is 16.8 Å². The van der Waals surface area contributed by atoms with Crippen LogP contribution in [0.25, 0.3) is 0 Å². The number of anilines is 2. The number of benzene rings is 2. The fraction of sp³-hybridized carbons (Fsp3) is 0.105. The SMILES string of the molecule is Cc1ccccc1NC(=O)c1csc(NC(=O)Cc2ccccc2)n1. The van der Waals surface area contributed by atoms with Crippen LogP contribution in [0, 0.1) is 6.92 Å². The second-order valence-corrected chi connectivity index (χ2v) is 6.38. The molecule has 0 atom stereocenters. The van der Waals surface area contributed by atoms with Crippen molar-refractivity contribution in [3.63, 3.8) is 0 Å². The van der Waals surface area contributed by atoms with Crippen molar-refractivity contribution < 1.29 is 9.59 Å². The Kier molecular flexibility index (Phi) is 5.20. The summed E-state index contributed by atoms with van der Waals surface area (Å²) in [7, 11) is 0. The summed E-state index contributed by atoms with van der Waals surface area (Å²) in [6.45, 7) is 1.92. The minimum atomic E-state index is -0.297. The van der Waals surface area contributed by atoms with Crippen LogP contribution in [0.4, 0.5) is 10.8 Å². The van der Waals surface area contributed by atoms with Crippen LogP contribution >= 0.6 is 11.3 Å². The summed E-state index contributed by atoms with van der Waals surface area (Å²) in [6, 6.07) is 17.0. The van der Waals surface area contributed by atoms with Crippen LogP contribution in [0.3, 0.4) is 0 Å². The van der Waals surface area contributed by atoms with E-state index < -0.39 is 0 Å². The molecule has 1 heterocycles. The topological polar surface area (TPSA) is 71.1 Å². The van der Waals surface area contributed by atoms with Gasteiger partial charge in [0.05, 0.1) is 6.42 Å². The summed E-state index contributed by atoms with van der Waals surface area (Å²) in [5.41, 5.74) is 2.93. The number of hydrogen-bond donors (Lipinski definition) is 2. The third-order valence-corrected chi connectivity index (χ3v) is 4.34. The second kappa shape index (κ2) is 7.72. The smallest absolute Gasteiger partial charge is 0.275 e. The number of rotatable bonds is 5. The molecule has 6 heteroatoms. The van der Waals surface area contributed by atoms with E-state index in [0.717, 1.165) is 16.8 Å². The molecule has 0 bridgehead atoms. The van der Waals surface area contributed by atoms with Gasteiger partial charge >= 0.3 is 0 Å². The monoisotopic (exact) mass is 351 g/mol. The average molecular weight is 351 g/mol. The Balaban J connectivity index is 1.61. The van der Waals surface area contributed by atoms with E-state index in [0.29, 0.717) is 5.13 Å². The largest absolute Gasteiger partial charge is 0.320 e. The molecule has 0 saturated carbocycles. The van der Waals surface area contributed by atoms with Crippen molar-refractivity contribution in [2.75, 3.05) is 10.6 Å². The molecule has 0 spiro atoms. The zero-order chi connectivity index (χ0) is 17.6. The number of aromatic nitrogens is 1. The second-order valence-electron chi connectivity index (χ2n) is 5.52. The number of aryl methyl sites for hydroxylation is 1. The number of thiazole rings is 1. The van der Waals surface area contributed by atoms with E-state index in [9.17, 15) is 9.59 Å². The Morgan fingerprint density at radius 3 is 2.48 bits per heavy atom. The molecular weight excluding hydrogens is 334 g/mol. The molecule has 0 aliphatic carbocycles. The number of hydrogen-bond acceptors (Lipinski definition) is 4. The summed E-state index contributed by atoms with van der Waals surface area (Å²) >= 11 is 1.23. The maximum absolute atomic E-state index is 12.3. The maximum Gasteiger partial charge on any atom is 0.275 e. The maximum atomic E-state index is 12.3. The predicted molar refractivity (Wildman–Crippen MR) is 100 cm³/mol. The third-order valence-electron chi connectivity index (χ3n) is 3.58. The summed E-state index contributed by atoms with van der Waals surface area (Å²) in [5, 5.41) is 7.60. The van der Waals surface area contributed by atoms with Crippen molar-refractivity contribution in [2.24, 2.45) is 0 Å². The Labute approximate surface area is 149 Å². The molecule has 126 valence electrons. The highest BCUT2D eigenvalue weighted by Crippen LogP contribution is 2.19. The van der Waals surface area contributed by atoms with Crippen LogP contribution in [0.1, 0.15) is 21.6 Å². The normalized spacial score (nSPS) is 10.3. The van der Waals surface area contributed by atoms with E-state index in [1.807, 2.05) is 61.5 Å². The standard InChI is InChI=1S/C19H17N3O2S/c1-13-7-5-6-10-15(13)20-18(24)16-12-25-19(21-16)22-17(23)11-14-8-3-2-4-9-14/h2-10,12H,11H2,1H3,(H,20,24)(H,21,22,23). The summed E-state index contributed by atoms with van der Waals surface area (Å²) < 4.78 is 0. The zero-order valence-corrected chi connectivity index (χ0v) is 14.5. The van der Waals surface area contributed by atoms with Crippen molar-refractivity contribution in [3.05, 3.63) is 76.8 Å². The first kappa shape index (κ1) is 16.9. The van der Waals surface area contributed by atoms with Crippen LogP contribution in [0.15, 0.2) is 60.0 Å². The van der Waals surface area contributed by atoms with E-state index in [4.69, 9.17) is 0 Å². The van der Waals surface area contributed by atoms with Gasteiger partial charge in [-0.1, -0.05) is 48.5 Å². The Morgan fingerprint density at radius 1 is 1.00 bits per heavy atom. The molecule has 2 N–H and O–H groups in total. The zero-order valence-electron chi connectivity index (χ0n) is 13.7. The van der Waals surface area contributed by atoms with Gasteiger partial charge in [0.25, 0.3) is 5.91 Å². The van der Waals surface area contributed by atoms with Crippen molar-refractivity contribution in [1.82, 2.24) is 4.98 Å². The van der Waals surface area contributed by atoms with Gasteiger partial charge in [0, 0.05) is 11.1 Å². The van der Waals surface area contributed by atoms with Gasteiger partial charge in [-0.3, -0.25) is 9.59 Å². The Bertz CT molecular complexity index is 890. The molecule has 0 aliphatic rings. The van der Waals surface area contributed by atoms with Gasteiger partial charge in [0.15, 0.2) is 5.13 Å². The fourth-order valence-electron chi connectivity index (χ4n) is 2.28. The molecule has 0 fully saturated rings. The number of nitrogens with one attached hydrogen (secondary N) is 2. The molecule has 2 amide bonds. The highest BCUT2D eigenvalue weighted by molar-refractivity contribution is 7.14. The number of amides is 2. The lowest BCUT2D eigenvalue weighted by molar-refractivity contribution is -0.115. The number of carbonyl (C=O) groups is 2.